The maximum atomic E-state index is 14.2. The molecule has 0 aliphatic heterocycles. The first-order valence-electron chi connectivity index (χ1n) is 6.51. The Kier molecular flexibility index (Phi) is 4.80. The van der Waals surface area contributed by atoms with Gasteiger partial charge in [0.25, 0.3) is 0 Å². The topological polar surface area (TPSA) is 25.8 Å². The zero-order valence-electron chi connectivity index (χ0n) is 11.6. The van der Waals surface area contributed by atoms with E-state index in [1.807, 2.05) is 0 Å². The zero-order valence-corrected chi connectivity index (χ0v) is 14.7. The molecule has 8 heteroatoms. The van der Waals surface area contributed by atoms with Crippen LogP contribution >= 0.6 is 39.1 Å². The Bertz CT molecular complexity index is 910. The maximum absolute atomic E-state index is 14.2. The monoisotopic (exact) mass is 432 g/mol. The Balaban J connectivity index is 2.37. The number of halogens is 6. The quantitative estimate of drug-likeness (QED) is 0.474. The highest BCUT2D eigenvalue weighted by Gasteiger charge is 2.24. The van der Waals surface area contributed by atoms with E-state index in [2.05, 4.69) is 26.1 Å². The van der Waals surface area contributed by atoms with Crippen molar-refractivity contribution in [2.75, 3.05) is 0 Å². The predicted octanol–water partition coefficient (Wildman–Crippen LogP) is 6.30. The number of hydrogen-bond donors (Lipinski definition) is 0. The van der Waals surface area contributed by atoms with Gasteiger partial charge in [0.1, 0.15) is 17.5 Å². The first-order chi connectivity index (χ1) is 11.4. The van der Waals surface area contributed by atoms with E-state index in [-0.39, 0.29) is 21.4 Å². The molecule has 3 rings (SSSR count). The molecule has 0 aliphatic rings. The van der Waals surface area contributed by atoms with Crippen molar-refractivity contribution in [3.05, 3.63) is 68.6 Å². The van der Waals surface area contributed by atoms with Gasteiger partial charge in [0.2, 0.25) is 0 Å². The molecular weight excluding hydrogens is 428 g/mol. The van der Waals surface area contributed by atoms with Crippen molar-refractivity contribution in [3.8, 4) is 22.3 Å². The van der Waals surface area contributed by atoms with E-state index in [0.717, 1.165) is 4.47 Å². The third-order valence-corrected chi connectivity index (χ3v) is 4.34. The predicted molar refractivity (Wildman–Crippen MR) is 90.5 cm³/mol. The molecule has 0 unspecified atom stereocenters. The van der Waals surface area contributed by atoms with Gasteiger partial charge in [-0.2, -0.15) is 0 Å². The molecule has 0 spiro atoms. The molecule has 0 atom stereocenters. The van der Waals surface area contributed by atoms with E-state index in [0.29, 0.717) is 17.7 Å². The van der Waals surface area contributed by atoms with E-state index >= 15 is 0 Å². The van der Waals surface area contributed by atoms with Gasteiger partial charge in [-0.05, 0) is 17.7 Å². The van der Waals surface area contributed by atoms with Crippen LogP contribution in [-0.4, -0.2) is 10.2 Å². The second-order valence-electron chi connectivity index (χ2n) is 4.78. The molecule has 24 heavy (non-hydrogen) atoms. The molecule has 1 aromatic heterocycles. The second-order valence-corrected chi connectivity index (χ2v) is 6.41. The minimum atomic E-state index is -1.11. The lowest BCUT2D eigenvalue weighted by Gasteiger charge is -2.14. The van der Waals surface area contributed by atoms with Crippen LogP contribution < -0.4 is 0 Å². The summed E-state index contributed by atoms with van der Waals surface area (Å²) in [6.07, 6.45) is 0. The standard InChI is InChI=1S/C16H6BrCl2F3N2/c17-8-3-1-7(2-4-8)12-14(16(19)24-23-15(12)18)13-10(21)5-9(20)6-11(13)22/h1-6H. The zero-order chi connectivity index (χ0) is 17.4. The van der Waals surface area contributed by atoms with Crippen molar-refractivity contribution in [1.29, 1.82) is 0 Å². The molecule has 0 bridgehead atoms. The summed E-state index contributed by atoms with van der Waals surface area (Å²) in [7, 11) is 0. The van der Waals surface area contributed by atoms with Crippen molar-refractivity contribution in [3.63, 3.8) is 0 Å². The SMILES string of the molecule is Fc1cc(F)c(-c2c(Cl)nnc(Cl)c2-c2ccc(Br)cc2)c(F)c1. The van der Waals surface area contributed by atoms with Gasteiger partial charge in [-0.25, -0.2) is 13.2 Å². The number of benzene rings is 2. The molecule has 2 nitrogen and oxygen atoms in total. The molecule has 0 aliphatic carbocycles. The largest absolute Gasteiger partial charge is 0.207 e. The lowest BCUT2D eigenvalue weighted by molar-refractivity contribution is 0.548. The maximum Gasteiger partial charge on any atom is 0.160 e. The first kappa shape index (κ1) is 17.2. The Morgan fingerprint density at radius 1 is 0.750 bits per heavy atom. The van der Waals surface area contributed by atoms with Gasteiger partial charge in [0.05, 0.1) is 5.56 Å². The van der Waals surface area contributed by atoms with Crippen LogP contribution in [0, 0.1) is 17.5 Å². The van der Waals surface area contributed by atoms with Crippen LogP contribution in [-0.2, 0) is 0 Å². The molecule has 122 valence electrons. The highest BCUT2D eigenvalue weighted by Crippen LogP contribution is 2.42. The Labute approximate surface area is 153 Å². The third-order valence-electron chi connectivity index (χ3n) is 3.28. The van der Waals surface area contributed by atoms with Crippen LogP contribution in [0.3, 0.4) is 0 Å². The molecule has 0 radical (unpaired) electrons. The third kappa shape index (κ3) is 3.14. The van der Waals surface area contributed by atoms with E-state index < -0.39 is 23.0 Å². The molecule has 0 saturated heterocycles. The van der Waals surface area contributed by atoms with Gasteiger partial charge in [0.15, 0.2) is 10.3 Å². The number of aromatic nitrogens is 2. The Morgan fingerprint density at radius 2 is 1.25 bits per heavy atom. The van der Waals surface area contributed by atoms with Gasteiger partial charge < -0.3 is 0 Å². The number of nitrogens with zero attached hydrogens (tertiary/aromatic N) is 2. The number of hydrogen-bond acceptors (Lipinski definition) is 2. The summed E-state index contributed by atoms with van der Waals surface area (Å²) in [5.74, 6) is -3.27. The van der Waals surface area contributed by atoms with Crippen molar-refractivity contribution < 1.29 is 13.2 Å². The highest BCUT2D eigenvalue weighted by atomic mass is 79.9. The molecule has 0 fully saturated rings. The van der Waals surface area contributed by atoms with Crippen molar-refractivity contribution in [1.82, 2.24) is 10.2 Å². The molecular formula is C16H6BrCl2F3N2. The van der Waals surface area contributed by atoms with Crippen molar-refractivity contribution >= 4 is 39.1 Å². The van der Waals surface area contributed by atoms with E-state index in [1.165, 1.54) is 0 Å². The molecule has 2 aromatic carbocycles. The average molecular weight is 434 g/mol. The molecule has 0 N–H and O–H groups in total. The van der Waals surface area contributed by atoms with Crippen LogP contribution in [0.5, 0.6) is 0 Å². The van der Waals surface area contributed by atoms with Crippen molar-refractivity contribution in [2.24, 2.45) is 0 Å². The first-order valence-corrected chi connectivity index (χ1v) is 8.06. The molecule has 1 heterocycles. The Hall–Kier alpha value is -1.63. The summed E-state index contributed by atoms with van der Waals surface area (Å²) < 4.78 is 42.5. The minimum absolute atomic E-state index is 0.0835. The van der Waals surface area contributed by atoms with Gasteiger partial charge >= 0.3 is 0 Å². The fourth-order valence-electron chi connectivity index (χ4n) is 2.28. The lowest BCUT2D eigenvalue weighted by Crippen LogP contribution is -1.99. The van der Waals surface area contributed by atoms with Crippen LogP contribution in [0.25, 0.3) is 22.3 Å². The van der Waals surface area contributed by atoms with Gasteiger partial charge in [0, 0.05) is 27.7 Å². The summed E-state index contributed by atoms with van der Waals surface area (Å²) in [5.41, 5.74) is 0.122. The lowest BCUT2D eigenvalue weighted by atomic mass is 9.96. The van der Waals surface area contributed by atoms with Crippen LogP contribution in [0.2, 0.25) is 10.3 Å². The summed E-state index contributed by atoms with van der Waals surface area (Å²) >= 11 is 15.4. The summed E-state index contributed by atoms with van der Waals surface area (Å²) in [6, 6.07) is 7.92. The summed E-state index contributed by atoms with van der Waals surface area (Å²) in [6.45, 7) is 0. The van der Waals surface area contributed by atoms with Gasteiger partial charge in [-0.15, -0.1) is 10.2 Å². The summed E-state index contributed by atoms with van der Waals surface area (Å²) in [5, 5.41) is 6.97. The number of rotatable bonds is 2. The molecule has 0 saturated carbocycles. The van der Waals surface area contributed by atoms with Gasteiger partial charge in [-0.3, -0.25) is 0 Å². The Morgan fingerprint density at radius 3 is 1.79 bits per heavy atom. The van der Waals surface area contributed by atoms with Crippen LogP contribution in [0.4, 0.5) is 13.2 Å². The van der Waals surface area contributed by atoms with E-state index in [4.69, 9.17) is 23.2 Å². The fourth-order valence-corrected chi connectivity index (χ4v) is 3.02. The smallest absolute Gasteiger partial charge is 0.160 e. The fraction of sp³-hybridized carbons (Fsp3) is 0. The second kappa shape index (κ2) is 6.70. The molecule has 3 aromatic rings. The van der Waals surface area contributed by atoms with Crippen LogP contribution in [0.1, 0.15) is 0 Å². The summed E-state index contributed by atoms with van der Waals surface area (Å²) in [4.78, 5) is 0. The van der Waals surface area contributed by atoms with Crippen LogP contribution in [0.15, 0.2) is 40.9 Å². The normalized spacial score (nSPS) is 10.9. The highest BCUT2D eigenvalue weighted by molar-refractivity contribution is 9.10. The van der Waals surface area contributed by atoms with E-state index in [9.17, 15) is 13.2 Å². The minimum Gasteiger partial charge on any atom is -0.207 e. The average Bonchev–Trinajstić information content (AvgIpc) is 2.51. The van der Waals surface area contributed by atoms with E-state index in [1.54, 1.807) is 24.3 Å². The van der Waals surface area contributed by atoms with Crippen molar-refractivity contribution in [2.45, 2.75) is 0 Å². The van der Waals surface area contributed by atoms with Gasteiger partial charge in [-0.1, -0.05) is 51.3 Å². The molecule has 0 amide bonds.